The lowest BCUT2D eigenvalue weighted by Gasteiger charge is -2.14. The number of hydrogen-bond acceptors (Lipinski definition) is 8. The van der Waals surface area contributed by atoms with Gasteiger partial charge in [0.15, 0.2) is 0 Å². The summed E-state index contributed by atoms with van der Waals surface area (Å²) < 4.78 is 21.9. The molecule has 0 spiro atoms. The number of hydrogen-bond donors (Lipinski definition) is 0. The highest BCUT2D eigenvalue weighted by atomic mass is 32.1. The molecule has 0 aliphatic heterocycles. The predicted octanol–water partition coefficient (Wildman–Crippen LogP) is 13.7. The quantitative estimate of drug-likeness (QED) is 0.0699. The van der Waals surface area contributed by atoms with Crippen LogP contribution in [0.15, 0.2) is 30.3 Å². The lowest BCUT2D eigenvalue weighted by Crippen LogP contribution is -2.04. The minimum atomic E-state index is -0.192. The van der Waals surface area contributed by atoms with Crippen LogP contribution in [0.25, 0.3) is 50.8 Å². The molecule has 0 aliphatic rings. The van der Waals surface area contributed by atoms with Gasteiger partial charge in [-0.15, -0.1) is 45.3 Å². The van der Waals surface area contributed by atoms with E-state index in [0.29, 0.717) is 24.7 Å². The summed E-state index contributed by atoms with van der Waals surface area (Å²) in [5.74, 6) is 1.69. The normalized spacial score (nSPS) is 11.9. The van der Waals surface area contributed by atoms with Crippen LogP contribution >= 0.6 is 45.3 Å². The van der Waals surface area contributed by atoms with Crippen molar-refractivity contribution in [2.45, 2.75) is 98.8 Å². The van der Waals surface area contributed by atoms with Crippen LogP contribution in [0.2, 0.25) is 0 Å². The minimum Gasteiger partial charge on any atom is -0.493 e. The smallest absolute Gasteiger partial charge is 0.348 e. The number of carbonyl (C=O) groups excluding carboxylic acids is 1. The molecule has 8 heteroatoms. The SMILES string of the molecule is CCCCCCCCCCCCOC(=O)c1cc2c(-c3cc4cc5c(OCC)c6sc(C)cc6c(OCC)c5cc4s3)sc(C)c2s1. The van der Waals surface area contributed by atoms with Gasteiger partial charge in [-0.3, -0.25) is 0 Å². The number of unbranched alkanes of at least 4 members (excludes halogenated alkanes) is 9. The molecule has 6 aromatic rings. The third-order valence-electron chi connectivity index (χ3n) is 8.74. The highest BCUT2D eigenvalue weighted by Crippen LogP contribution is 2.50. The molecule has 0 radical (unpaired) electrons. The number of aryl methyl sites for hydroxylation is 2. The number of rotatable bonds is 17. The van der Waals surface area contributed by atoms with Gasteiger partial charge in [0, 0.05) is 45.6 Å². The van der Waals surface area contributed by atoms with E-state index >= 15 is 0 Å². The van der Waals surface area contributed by atoms with Crippen molar-refractivity contribution in [3.8, 4) is 21.3 Å². The van der Waals surface area contributed by atoms with Gasteiger partial charge in [-0.1, -0.05) is 64.7 Å². The lowest BCUT2D eigenvalue weighted by molar-refractivity contribution is 0.0503. The highest BCUT2D eigenvalue weighted by Gasteiger charge is 2.22. The van der Waals surface area contributed by atoms with Gasteiger partial charge in [-0.2, -0.15) is 0 Å². The molecule has 2 aromatic carbocycles. The summed E-state index contributed by atoms with van der Waals surface area (Å²) in [5, 5.41) is 5.66. The summed E-state index contributed by atoms with van der Waals surface area (Å²) in [6.07, 6.45) is 12.7. The average molecular weight is 707 g/mol. The monoisotopic (exact) mass is 706 g/mol. The van der Waals surface area contributed by atoms with E-state index in [1.165, 1.54) is 85.7 Å². The van der Waals surface area contributed by atoms with Crippen LogP contribution in [-0.2, 0) is 4.74 Å². The summed E-state index contributed by atoms with van der Waals surface area (Å²) in [7, 11) is 0. The molecule has 4 nitrogen and oxygen atoms in total. The molecule has 47 heavy (non-hydrogen) atoms. The largest absolute Gasteiger partial charge is 0.493 e. The maximum absolute atomic E-state index is 13.0. The molecule has 0 aliphatic carbocycles. The second kappa shape index (κ2) is 15.7. The van der Waals surface area contributed by atoms with Crippen molar-refractivity contribution >= 4 is 92.3 Å². The van der Waals surface area contributed by atoms with E-state index in [0.717, 1.165) is 50.6 Å². The molecule has 4 aromatic heterocycles. The topological polar surface area (TPSA) is 44.8 Å². The molecule has 4 heterocycles. The van der Waals surface area contributed by atoms with Gasteiger partial charge in [0.2, 0.25) is 0 Å². The van der Waals surface area contributed by atoms with Crippen LogP contribution in [0, 0.1) is 13.8 Å². The zero-order valence-corrected chi connectivity index (χ0v) is 31.6. The van der Waals surface area contributed by atoms with Crippen molar-refractivity contribution in [2.24, 2.45) is 0 Å². The Labute approximate surface area is 294 Å². The summed E-state index contributed by atoms with van der Waals surface area (Å²) in [4.78, 5) is 18.7. The summed E-state index contributed by atoms with van der Waals surface area (Å²) in [6.45, 7) is 12.4. The maximum Gasteiger partial charge on any atom is 0.348 e. The predicted molar refractivity (Wildman–Crippen MR) is 207 cm³/mol. The first-order valence-electron chi connectivity index (χ1n) is 17.3. The van der Waals surface area contributed by atoms with E-state index < -0.39 is 0 Å². The molecular weight excluding hydrogens is 661 g/mol. The third kappa shape index (κ3) is 7.36. The first-order chi connectivity index (χ1) is 22.9. The average Bonchev–Trinajstić information content (AvgIpc) is 3.84. The molecule has 0 atom stereocenters. The van der Waals surface area contributed by atoms with Gasteiger partial charge in [-0.05, 0) is 69.8 Å². The van der Waals surface area contributed by atoms with E-state index in [1.807, 2.05) is 25.2 Å². The van der Waals surface area contributed by atoms with Crippen molar-refractivity contribution < 1.29 is 19.0 Å². The van der Waals surface area contributed by atoms with Crippen molar-refractivity contribution in [1.29, 1.82) is 0 Å². The minimum absolute atomic E-state index is 0.192. The maximum atomic E-state index is 13.0. The fourth-order valence-corrected chi connectivity index (χ4v) is 11.0. The lowest BCUT2D eigenvalue weighted by atomic mass is 10.0. The molecule has 0 unspecified atom stereocenters. The fraction of sp³-hybridized carbons (Fsp3) is 0.462. The van der Waals surface area contributed by atoms with Gasteiger partial charge >= 0.3 is 5.97 Å². The number of benzene rings is 2. The van der Waals surface area contributed by atoms with Gasteiger partial charge in [-0.25, -0.2) is 4.79 Å². The molecule has 0 N–H and O–H groups in total. The number of carbonyl (C=O) groups is 1. The van der Waals surface area contributed by atoms with Gasteiger partial charge in [0.25, 0.3) is 0 Å². The highest BCUT2D eigenvalue weighted by molar-refractivity contribution is 7.30. The number of thiophene rings is 4. The Kier molecular flexibility index (Phi) is 11.4. The van der Waals surface area contributed by atoms with E-state index in [1.54, 1.807) is 34.0 Å². The van der Waals surface area contributed by atoms with Crippen LogP contribution < -0.4 is 9.47 Å². The Bertz CT molecular complexity index is 1910. The summed E-state index contributed by atoms with van der Waals surface area (Å²) in [6, 6.07) is 11.1. The van der Waals surface area contributed by atoms with Gasteiger partial charge < -0.3 is 14.2 Å². The Morgan fingerprint density at radius 1 is 0.638 bits per heavy atom. The van der Waals surface area contributed by atoms with Crippen molar-refractivity contribution in [2.75, 3.05) is 19.8 Å². The molecule has 0 saturated heterocycles. The molecule has 250 valence electrons. The second-order valence-electron chi connectivity index (χ2n) is 12.3. The molecule has 6 rings (SSSR count). The first-order valence-corrected chi connectivity index (χ1v) is 20.6. The van der Waals surface area contributed by atoms with Crippen LogP contribution in [0.1, 0.15) is 104 Å². The van der Waals surface area contributed by atoms with E-state index in [4.69, 9.17) is 14.2 Å². The van der Waals surface area contributed by atoms with Crippen LogP contribution in [0.3, 0.4) is 0 Å². The Balaban J connectivity index is 1.20. The Morgan fingerprint density at radius 2 is 1.32 bits per heavy atom. The molecule has 0 bridgehead atoms. The van der Waals surface area contributed by atoms with Crippen molar-refractivity contribution in [3.05, 3.63) is 45.0 Å². The Hall–Kier alpha value is -2.65. The molecular formula is C39H46O4S4. The third-order valence-corrected chi connectivity index (χ3v) is 13.5. The number of fused-ring (bicyclic) bond motifs is 4. The van der Waals surface area contributed by atoms with Gasteiger partial charge in [0.05, 0.1) is 29.4 Å². The first kappa shape index (κ1) is 34.2. The van der Waals surface area contributed by atoms with Crippen molar-refractivity contribution in [3.63, 3.8) is 0 Å². The second-order valence-corrected chi connectivity index (χ2v) is 16.9. The van der Waals surface area contributed by atoms with Crippen molar-refractivity contribution in [1.82, 2.24) is 0 Å². The Morgan fingerprint density at radius 3 is 2.04 bits per heavy atom. The number of esters is 1. The summed E-state index contributed by atoms with van der Waals surface area (Å²) >= 11 is 6.95. The van der Waals surface area contributed by atoms with E-state index in [-0.39, 0.29) is 5.97 Å². The van der Waals surface area contributed by atoms with Crippen LogP contribution in [0.4, 0.5) is 0 Å². The van der Waals surface area contributed by atoms with Crippen LogP contribution in [-0.4, -0.2) is 25.8 Å². The zero-order chi connectivity index (χ0) is 32.9. The summed E-state index contributed by atoms with van der Waals surface area (Å²) in [5.41, 5.74) is 0. The van der Waals surface area contributed by atoms with E-state index in [9.17, 15) is 4.79 Å². The standard InChI is InChI=1S/C39H46O4S4/c1-6-9-10-11-12-13-14-15-16-17-18-43-39(40)33-23-30-36(47-33)25(5)45-37(30)32-21-26-20-27-28(22-31(26)46-32)34(41-7-2)29-19-24(4)44-38(29)35(27)42-8-3/h19-23H,6-18H2,1-5H3. The fourth-order valence-electron chi connectivity index (χ4n) is 6.47. The molecule has 0 fully saturated rings. The number of ether oxygens (including phenoxy) is 3. The molecule has 0 amide bonds. The molecule has 0 saturated carbocycles. The zero-order valence-electron chi connectivity index (χ0n) is 28.3. The van der Waals surface area contributed by atoms with E-state index in [2.05, 4.69) is 51.1 Å². The van der Waals surface area contributed by atoms with Gasteiger partial charge in [0.1, 0.15) is 16.4 Å². The van der Waals surface area contributed by atoms with Crippen LogP contribution in [0.5, 0.6) is 11.5 Å².